The second-order valence-corrected chi connectivity index (χ2v) is 8.86. The molecule has 1 aliphatic carbocycles. The zero-order valence-electron chi connectivity index (χ0n) is 17.5. The van der Waals surface area contributed by atoms with Crippen molar-refractivity contribution >= 4 is 44.5 Å². The van der Waals surface area contributed by atoms with E-state index < -0.39 is 0 Å². The Bertz CT molecular complexity index is 1170. The number of benzene rings is 1. The molecule has 0 spiro atoms. The van der Waals surface area contributed by atoms with E-state index in [1.165, 1.54) is 4.90 Å². The molecule has 4 rings (SSSR count). The third-order valence-corrected chi connectivity index (χ3v) is 5.90. The van der Waals surface area contributed by atoms with Gasteiger partial charge >= 0.3 is 0 Å². The molecule has 8 heteroatoms. The van der Waals surface area contributed by atoms with Gasteiger partial charge in [-0.25, -0.2) is 4.98 Å². The maximum Gasteiger partial charge on any atom is 0.254 e. The third-order valence-electron chi connectivity index (χ3n) is 5.40. The minimum absolute atomic E-state index is 0.0454. The lowest BCUT2D eigenvalue weighted by molar-refractivity contribution is -0.116. The molecule has 0 atom stereocenters. The Hall–Kier alpha value is -2.74. The summed E-state index contributed by atoms with van der Waals surface area (Å²) in [4.78, 5) is 32.0. The second kappa shape index (κ2) is 7.83. The van der Waals surface area contributed by atoms with Crippen LogP contribution in [0.3, 0.4) is 0 Å². The van der Waals surface area contributed by atoms with E-state index in [0.717, 1.165) is 45.3 Å². The van der Waals surface area contributed by atoms with Crippen molar-refractivity contribution in [1.29, 1.82) is 0 Å². The Kier molecular flexibility index (Phi) is 5.36. The van der Waals surface area contributed by atoms with Gasteiger partial charge in [-0.3, -0.25) is 14.3 Å². The van der Waals surface area contributed by atoms with E-state index in [0.29, 0.717) is 17.1 Å². The van der Waals surface area contributed by atoms with Crippen molar-refractivity contribution < 1.29 is 9.59 Å². The first-order valence-electron chi connectivity index (χ1n) is 9.90. The van der Waals surface area contributed by atoms with Crippen LogP contribution >= 0.6 is 15.9 Å². The van der Waals surface area contributed by atoms with Crippen molar-refractivity contribution in [2.45, 2.75) is 32.6 Å². The van der Waals surface area contributed by atoms with Crippen LogP contribution in [0.5, 0.6) is 0 Å². The van der Waals surface area contributed by atoms with Gasteiger partial charge in [0.05, 0.1) is 23.2 Å². The Morgan fingerprint density at radius 2 is 2.00 bits per heavy atom. The highest BCUT2D eigenvalue weighted by atomic mass is 79.9. The third kappa shape index (κ3) is 3.96. The van der Waals surface area contributed by atoms with Crippen LogP contribution in [0.2, 0.25) is 0 Å². The Morgan fingerprint density at radius 3 is 2.67 bits per heavy atom. The summed E-state index contributed by atoms with van der Waals surface area (Å²) in [5, 5.41) is 8.08. The molecule has 0 saturated heterocycles. The van der Waals surface area contributed by atoms with E-state index in [9.17, 15) is 9.59 Å². The average Bonchev–Trinajstić information content (AvgIpc) is 3.49. The van der Waals surface area contributed by atoms with Crippen LogP contribution < -0.4 is 5.32 Å². The fourth-order valence-electron chi connectivity index (χ4n) is 3.67. The molecule has 2 heterocycles. The molecule has 2 aromatic heterocycles. The summed E-state index contributed by atoms with van der Waals surface area (Å²) in [6, 6.07) is 7.52. The number of pyridine rings is 1. The first-order chi connectivity index (χ1) is 14.2. The van der Waals surface area contributed by atoms with Crippen LogP contribution in [0, 0.1) is 13.8 Å². The van der Waals surface area contributed by atoms with Crippen molar-refractivity contribution in [3.63, 3.8) is 0 Å². The molecular weight excluding hydrogens is 446 g/mol. The van der Waals surface area contributed by atoms with E-state index in [2.05, 4.69) is 26.3 Å². The summed E-state index contributed by atoms with van der Waals surface area (Å²) in [6.07, 6.45) is 2.18. The van der Waals surface area contributed by atoms with Crippen LogP contribution in [0.25, 0.3) is 11.0 Å². The van der Waals surface area contributed by atoms with Crippen LogP contribution in [-0.2, 0) is 11.8 Å². The maximum atomic E-state index is 13.3. The van der Waals surface area contributed by atoms with Crippen LogP contribution in [-0.4, -0.2) is 45.1 Å². The number of hydrogen-bond acceptors (Lipinski definition) is 4. The fraction of sp³-hybridized carbons (Fsp3) is 0.364. The van der Waals surface area contributed by atoms with E-state index in [1.54, 1.807) is 11.7 Å². The molecule has 156 valence electrons. The lowest BCUT2D eigenvalue weighted by atomic mass is 10.1. The van der Waals surface area contributed by atoms with Gasteiger partial charge in [-0.15, -0.1) is 0 Å². The number of anilines is 1. The number of halogens is 1. The Morgan fingerprint density at radius 1 is 1.27 bits per heavy atom. The molecule has 1 fully saturated rings. The van der Waals surface area contributed by atoms with Crippen molar-refractivity contribution in [2.75, 3.05) is 18.9 Å². The predicted octanol–water partition coefficient (Wildman–Crippen LogP) is 3.94. The fourth-order valence-corrected chi connectivity index (χ4v) is 4.15. The van der Waals surface area contributed by atoms with Crippen molar-refractivity contribution in [3.8, 4) is 0 Å². The summed E-state index contributed by atoms with van der Waals surface area (Å²) in [7, 11) is 3.48. The van der Waals surface area contributed by atoms with Crippen molar-refractivity contribution in [3.05, 3.63) is 51.3 Å². The van der Waals surface area contributed by atoms with Gasteiger partial charge in [-0.1, -0.05) is 15.9 Å². The van der Waals surface area contributed by atoms with Gasteiger partial charge in [0, 0.05) is 35.9 Å². The van der Waals surface area contributed by atoms with Gasteiger partial charge in [0.15, 0.2) is 5.65 Å². The van der Waals surface area contributed by atoms with Gasteiger partial charge in [-0.2, -0.15) is 5.10 Å². The molecule has 7 nitrogen and oxygen atoms in total. The smallest absolute Gasteiger partial charge is 0.254 e. The molecule has 30 heavy (non-hydrogen) atoms. The van der Waals surface area contributed by atoms with Gasteiger partial charge in [0.2, 0.25) is 5.91 Å². The summed E-state index contributed by atoms with van der Waals surface area (Å²) in [5.74, 6) is -0.0416. The SMILES string of the molecule is Cc1cc(Br)ccc1NC(=O)CN(C)C(=O)c1cc(C2CC2)nc2c1c(C)nn2C. The highest BCUT2D eigenvalue weighted by Crippen LogP contribution is 2.40. The minimum Gasteiger partial charge on any atom is -0.332 e. The van der Waals surface area contributed by atoms with E-state index in [-0.39, 0.29) is 18.4 Å². The van der Waals surface area contributed by atoms with Gasteiger partial charge in [-0.05, 0) is 56.5 Å². The number of nitrogens with zero attached hydrogens (tertiary/aromatic N) is 4. The maximum absolute atomic E-state index is 13.3. The number of nitrogens with one attached hydrogen (secondary N) is 1. The van der Waals surface area contributed by atoms with Crippen molar-refractivity contribution in [2.24, 2.45) is 7.05 Å². The number of amides is 2. The number of hydrogen-bond donors (Lipinski definition) is 1. The number of aryl methyl sites for hydroxylation is 3. The molecule has 3 aromatic rings. The monoisotopic (exact) mass is 469 g/mol. The number of carbonyl (C=O) groups excluding carboxylic acids is 2. The summed E-state index contributed by atoms with van der Waals surface area (Å²) < 4.78 is 2.67. The first kappa shape index (κ1) is 20.5. The Balaban J connectivity index is 1.58. The van der Waals surface area contributed by atoms with E-state index in [4.69, 9.17) is 4.98 Å². The summed E-state index contributed by atoms with van der Waals surface area (Å²) >= 11 is 3.42. The van der Waals surface area contributed by atoms with Crippen LogP contribution in [0.15, 0.2) is 28.7 Å². The molecule has 1 N–H and O–H groups in total. The first-order valence-corrected chi connectivity index (χ1v) is 10.7. The minimum atomic E-state index is -0.244. The topological polar surface area (TPSA) is 80.1 Å². The molecular formula is C22H24BrN5O2. The highest BCUT2D eigenvalue weighted by Gasteiger charge is 2.29. The molecule has 0 radical (unpaired) electrons. The molecule has 1 aliphatic rings. The lowest BCUT2D eigenvalue weighted by Crippen LogP contribution is -2.35. The lowest BCUT2D eigenvalue weighted by Gasteiger charge is -2.18. The quantitative estimate of drug-likeness (QED) is 0.613. The molecule has 1 saturated carbocycles. The average molecular weight is 470 g/mol. The largest absolute Gasteiger partial charge is 0.332 e. The number of carbonyl (C=O) groups is 2. The molecule has 2 amide bonds. The molecule has 1 aromatic carbocycles. The van der Waals surface area contributed by atoms with E-state index in [1.807, 2.05) is 45.2 Å². The van der Waals surface area contributed by atoms with Gasteiger partial charge in [0.1, 0.15) is 0 Å². The van der Waals surface area contributed by atoms with E-state index >= 15 is 0 Å². The second-order valence-electron chi connectivity index (χ2n) is 7.95. The zero-order valence-corrected chi connectivity index (χ0v) is 19.1. The normalized spacial score (nSPS) is 13.5. The molecule has 0 unspecified atom stereocenters. The van der Waals surface area contributed by atoms with Crippen LogP contribution in [0.1, 0.15) is 46.1 Å². The number of likely N-dealkylation sites (N-methyl/N-ethyl adjacent to an activating group) is 1. The van der Waals surface area contributed by atoms with Crippen LogP contribution in [0.4, 0.5) is 5.69 Å². The highest BCUT2D eigenvalue weighted by molar-refractivity contribution is 9.10. The summed E-state index contributed by atoms with van der Waals surface area (Å²) in [6.45, 7) is 3.75. The molecule has 0 aliphatic heterocycles. The number of aromatic nitrogens is 3. The van der Waals surface area contributed by atoms with Gasteiger partial charge < -0.3 is 10.2 Å². The standard InChI is InChI=1S/C22H24BrN5O2/c1-12-9-15(23)7-8-17(12)24-19(29)11-27(3)22(30)16-10-18(14-5-6-14)25-21-20(16)13(2)26-28(21)4/h7-10,14H,5-6,11H2,1-4H3,(H,24,29). The zero-order chi connectivity index (χ0) is 21.6. The predicted molar refractivity (Wildman–Crippen MR) is 120 cm³/mol. The van der Waals surface area contributed by atoms with Crippen molar-refractivity contribution in [1.82, 2.24) is 19.7 Å². The summed E-state index contributed by atoms with van der Waals surface area (Å²) in [5.41, 5.74) is 4.63. The number of rotatable bonds is 5. The number of fused-ring (bicyclic) bond motifs is 1. The Labute approximate surface area is 183 Å². The molecule has 0 bridgehead atoms. The van der Waals surface area contributed by atoms with Gasteiger partial charge in [0.25, 0.3) is 5.91 Å².